The molecule has 96 valence electrons. The molecule has 0 aliphatic rings. The van der Waals surface area contributed by atoms with Crippen molar-refractivity contribution >= 4 is 5.69 Å². The smallest absolute Gasteiger partial charge is 0.0314 e. The molecule has 0 radical (unpaired) electrons. The van der Waals surface area contributed by atoms with Crippen LogP contribution in [-0.4, -0.2) is 0 Å². The standard InChI is InChI=1S/C16H27N/c1-13(2)5-4-6-14(3)7-8-15-9-11-16(17)12-10-15/h9-14H,4-8,17H2,1-3H3. The first-order valence-electron chi connectivity index (χ1n) is 6.92. The van der Waals surface area contributed by atoms with E-state index in [0.29, 0.717) is 0 Å². The molecular formula is C16H27N. The van der Waals surface area contributed by atoms with Gasteiger partial charge in [-0.15, -0.1) is 0 Å². The molecule has 0 amide bonds. The molecule has 1 rings (SSSR count). The summed E-state index contributed by atoms with van der Waals surface area (Å²) in [6.07, 6.45) is 6.59. The maximum atomic E-state index is 5.68. The van der Waals surface area contributed by atoms with Gasteiger partial charge in [-0.2, -0.15) is 0 Å². The zero-order chi connectivity index (χ0) is 12.7. The van der Waals surface area contributed by atoms with Gasteiger partial charge in [-0.1, -0.05) is 52.2 Å². The molecule has 0 aromatic heterocycles. The van der Waals surface area contributed by atoms with Gasteiger partial charge in [-0.05, 0) is 42.4 Å². The minimum atomic E-state index is 0.839. The van der Waals surface area contributed by atoms with E-state index in [1.807, 2.05) is 12.1 Å². The molecule has 0 bridgehead atoms. The Balaban J connectivity index is 2.19. The minimum absolute atomic E-state index is 0.839. The lowest BCUT2D eigenvalue weighted by atomic mass is 9.94. The van der Waals surface area contributed by atoms with Crippen molar-refractivity contribution in [2.75, 3.05) is 5.73 Å². The minimum Gasteiger partial charge on any atom is -0.399 e. The lowest BCUT2D eigenvalue weighted by Gasteiger charge is -2.12. The number of anilines is 1. The van der Waals surface area contributed by atoms with Gasteiger partial charge in [0.25, 0.3) is 0 Å². The van der Waals surface area contributed by atoms with Crippen molar-refractivity contribution < 1.29 is 0 Å². The Kier molecular flexibility index (Phi) is 6.10. The first-order valence-corrected chi connectivity index (χ1v) is 6.92. The number of rotatable bonds is 7. The molecule has 0 fully saturated rings. The van der Waals surface area contributed by atoms with Crippen LogP contribution >= 0.6 is 0 Å². The second kappa shape index (κ2) is 7.37. The molecule has 1 aromatic carbocycles. The van der Waals surface area contributed by atoms with Crippen molar-refractivity contribution in [2.45, 2.75) is 52.9 Å². The van der Waals surface area contributed by atoms with Gasteiger partial charge in [0, 0.05) is 5.69 Å². The van der Waals surface area contributed by atoms with E-state index in [-0.39, 0.29) is 0 Å². The van der Waals surface area contributed by atoms with E-state index in [9.17, 15) is 0 Å². The zero-order valence-electron chi connectivity index (χ0n) is 11.6. The van der Waals surface area contributed by atoms with Crippen LogP contribution in [0.3, 0.4) is 0 Å². The van der Waals surface area contributed by atoms with Gasteiger partial charge in [0.2, 0.25) is 0 Å². The van der Waals surface area contributed by atoms with E-state index in [0.717, 1.165) is 17.5 Å². The predicted molar refractivity (Wildman–Crippen MR) is 77.0 cm³/mol. The van der Waals surface area contributed by atoms with Crippen LogP contribution in [0, 0.1) is 11.8 Å². The largest absolute Gasteiger partial charge is 0.399 e. The monoisotopic (exact) mass is 233 g/mol. The van der Waals surface area contributed by atoms with Gasteiger partial charge < -0.3 is 5.73 Å². The van der Waals surface area contributed by atoms with Crippen molar-refractivity contribution in [3.8, 4) is 0 Å². The highest BCUT2D eigenvalue weighted by molar-refractivity contribution is 5.39. The fourth-order valence-corrected chi connectivity index (χ4v) is 2.12. The van der Waals surface area contributed by atoms with Gasteiger partial charge in [-0.25, -0.2) is 0 Å². The fourth-order valence-electron chi connectivity index (χ4n) is 2.12. The van der Waals surface area contributed by atoms with Gasteiger partial charge >= 0.3 is 0 Å². The Bertz CT molecular complexity index is 300. The van der Waals surface area contributed by atoms with Gasteiger partial charge in [0.05, 0.1) is 0 Å². The Morgan fingerprint density at radius 3 is 2.18 bits per heavy atom. The molecule has 0 spiro atoms. The number of benzene rings is 1. The van der Waals surface area contributed by atoms with Crippen LogP contribution in [0.1, 0.15) is 52.0 Å². The summed E-state index contributed by atoms with van der Waals surface area (Å²) in [6, 6.07) is 8.30. The highest BCUT2D eigenvalue weighted by Gasteiger charge is 2.03. The van der Waals surface area contributed by atoms with Crippen LogP contribution in [0.2, 0.25) is 0 Å². The highest BCUT2D eigenvalue weighted by atomic mass is 14.5. The summed E-state index contributed by atoms with van der Waals surface area (Å²) in [4.78, 5) is 0. The lowest BCUT2D eigenvalue weighted by Crippen LogP contribution is -1.99. The quantitative estimate of drug-likeness (QED) is 0.681. The number of hydrogen-bond acceptors (Lipinski definition) is 1. The molecule has 0 saturated carbocycles. The van der Waals surface area contributed by atoms with Gasteiger partial charge in [0.1, 0.15) is 0 Å². The van der Waals surface area contributed by atoms with E-state index in [1.165, 1.54) is 37.7 Å². The molecule has 1 aromatic rings. The average Bonchev–Trinajstić information content (AvgIpc) is 2.28. The third-order valence-corrected chi connectivity index (χ3v) is 3.38. The lowest BCUT2D eigenvalue weighted by molar-refractivity contribution is 0.437. The van der Waals surface area contributed by atoms with Crippen molar-refractivity contribution in [1.29, 1.82) is 0 Å². The Hall–Kier alpha value is -0.980. The number of nitrogens with two attached hydrogens (primary N) is 1. The highest BCUT2D eigenvalue weighted by Crippen LogP contribution is 2.18. The average molecular weight is 233 g/mol. The van der Waals surface area contributed by atoms with Crippen LogP contribution in [0.4, 0.5) is 5.69 Å². The van der Waals surface area contributed by atoms with Crippen LogP contribution < -0.4 is 5.73 Å². The van der Waals surface area contributed by atoms with Crippen LogP contribution in [0.5, 0.6) is 0 Å². The van der Waals surface area contributed by atoms with Gasteiger partial charge in [0.15, 0.2) is 0 Å². The number of aryl methyl sites for hydroxylation is 1. The predicted octanol–water partition coefficient (Wildman–Crippen LogP) is 4.66. The van der Waals surface area contributed by atoms with E-state index >= 15 is 0 Å². The number of hydrogen-bond donors (Lipinski definition) is 1. The maximum absolute atomic E-state index is 5.68. The Labute approximate surface area is 106 Å². The van der Waals surface area contributed by atoms with Gasteiger partial charge in [-0.3, -0.25) is 0 Å². The molecule has 0 saturated heterocycles. The van der Waals surface area contributed by atoms with E-state index in [1.54, 1.807) is 0 Å². The normalized spacial score (nSPS) is 12.9. The summed E-state index contributed by atoms with van der Waals surface area (Å²) in [5.41, 5.74) is 7.95. The van der Waals surface area contributed by atoms with Crippen molar-refractivity contribution in [2.24, 2.45) is 11.8 Å². The summed E-state index contributed by atoms with van der Waals surface area (Å²) in [7, 11) is 0. The summed E-state index contributed by atoms with van der Waals surface area (Å²) in [5, 5.41) is 0. The van der Waals surface area contributed by atoms with E-state index < -0.39 is 0 Å². The first kappa shape index (κ1) is 14.1. The summed E-state index contributed by atoms with van der Waals surface area (Å²) in [5.74, 6) is 1.69. The summed E-state index contributed by atoms with van der Waals surface area (Å²) < 4.78 is 0. The third-order valence-electron chi connectivity index (χ3n) is 3.38. The van der Waals surface area contributed by atoms with Crippen molar-refractivity contribution in [3.63, 3.8) is 0 Å². The molecule has 1 heteroatoms. The SMILES string of the molecule is CC(C)CCCC(C)CCc1ccc(N)cc1. The second-order valence-corrected chi connectivity index (χ2v) is 5.71. The molecule has 0 heterocycles. The Morgan fingerprint density at radius 1 is 0.941 bits per heavy atom. The van der Waals surface area contributed by atoms with Crippen molar-refractivity contribution in [1.82, 2.24) is 0 Å². The van der Waals surface area contributed by atoms with Crippen LogP contribution in [0.15, 0.2) is 24.3 Å². The second-order valence-electron chi connectivity index (χ2n) is 5.71. The fraction of sp³-hybridized carbons (Fsp3) is 0.625. The summed E-state index contributed by atoms with van der Waals surface area (Å²) in [6.45, 7) is 6.98. The molecular weight excluding hydrogens is 206 g/mol. The molecule has 2 N–H and O–H groups in total. The molecule has 1 atom stereocenters. The Morgan fingerprint density at radius 2 is 1.59 bits per heavy atom. The van der Waals surface area contributed by atoms with Crippen molar-refractivity contribution in [3.05, 3.63) is 29.8 Å². The molecule has 0 aliphatic carbocycles. The molecule has 1 nitrogen and oxygen atoms in total. The molecule has 1 unspecified atom stereocenters. The topological polar surface area (TPSA) is 26.0 Å². The molecule has 0 aliphatic heterocycles. The molecule has 17 heavy (non-hydrogen) atoms. The van der Waals surface area contributed by atoms with Crippen LogP contribution in [0.25, 0.3) is 0 Å². The zero-order valence-corrected chi connectivity index (χ0v) is 11.6. The maximum Gasteiger partial charge on any atom is 0.0314 e. The third kappa shape index (κ3) is 6.35. The first-order chi connectivity index (χ1) is 8.08. The van der Waals surface area contributed by atoms with E-state index in [4.69, 9.17) is 5.73 Å². The van der Waals surface area contributed by atoms with E-state index in [2.05, 4.69) is 32.9 Å². The summed E-state index contributed by atoms with van der Waals surface area (Å²) >= 11 is 0. The number of nitrogen functional groups attached to an aromatic ring is 1. The van der Waals surface area contributed by atoms with Crippen LogP contribution in [-0.2, 0) is 6.42 Å².